The molecule has 1 saturated heterocycles. The van der Waals surface area contributed by atoms with Crippen molar-refractivity contribution in [2.24, 2.45) is 16.7 Å². The summed E-state index contributed by atoms with van der Waals surface area (Å²) in [6.07, 6.45) is -5.95. The van der Waals surface area contributed by atoms with Crippen molar-refractivity contribution in [1.29, 1.82) is 0 Å². The molecule has 102 valence electrons. The molecule has 0 N–H and O–H groups in total. The summed E-state index contributed by atoms with van der Waals surface area (Å²) in [6, 6.07) is 0. The molecular formula is C12H15F3O3. The molecule has 3 fully saturated rings. The summed E-state index contributed by atoms with van der Waals surface area (Å²) in [5, 5.41) is 0. The SMILES string of the molecule is CC1(C)[C@@H]2CC[C@@]1(C)[C@]1(C(F)(F)F)OC(=O)O[C@H]21. The van der Waals surface area contributed by atoms with Gasteiger partial charge in [-0.3, -0.25) is 0 Å². The molecule has 1 aliphatic heterocycles. The van der Waals surface area contributed by atoms with E-state index in [1.165, 1.54) is 0 Å². The maximum atomic E-state index is 13.6. The first-order chi connectivity index (χ1) is 8.08. The van der Waals surface area contributed by atoms with Crippen LogP contribution in [0.4, 0.5) is 18.0 Å². The van der Waals surface area contributed by atoms with Crippen LogP contribution in [0.25, 0.3) is 0 Å². The van der Waals surface area contributed by atoms with Gasteiger partial charge in [-0.25, -0.2) is 4.79 Å². The van der Waals surface area contributed by atoms with Gasteiger partial charge in [0.25, 0.3) is 5.60 Å². The highest BCUT2D eigenvalue weighted by Crippen LogP contribution is 2.75. The Morgan fingerprint density at radius 1 is 1.28 bits per heavy atom. The van der Waals surface area contributed by atoms with Gasteiger partial charge in [0.2, 0.25) is 0 Å². The van der Waals surface area contributed by atoms with E-state index in [2.05, 4.69) is 0 Å². The van der Waals surface area contributed by atoms with Crippen LogP contribution in [0.15, 0.2) is 0 Å². The Balaban J connectivity index is 2.23. The number of hydrogen-bond donors (Lipinski definition) is 0. The van der Waals surface area contributed by atoms with Crippen LogP contribution in [0, 0.1) is 16.7 Å². The summed E-state index contributed by atoms with van der Waals surface area (Å²) in [5.74, 6) is -0.296. The molecule has 3 nitrogen and oxygen atoms in total. The Morgan fingerprint density at radius 3 is 2.39 bits per heavy atom. The lowest BCUT2D eigenvalue weighted by atomic mass is 9.64. The minimum Gasteiger partial charge on any atom is -0.426 e. The molecule has 18 heavy (non-hydrogen) atoms. The lowest BCUT2D eigenvalue weighted by Crippen LogP contribution is -2.62. The van der Waals surface area contributed by atoms with Gasteiger partial charge in [0.05, 0.1) is 0 Å². The summed E-state index contributed by atoms with van der Waals surface area (Å²) >= 11 is 0. The number of rotatable bonds is 0. The summed E-state index contributed by atoms with van der Waals surface area (Å²) in [6.45, 7) is 5.20. The third-order valence-electron chi connectivity index (χ3n) is 5.78. The molecule has 0 unspecified atom stereocenters. The van der Waals surface area contributed by atoms with Crippen molar-refractivity contribution >= 4 is 6.16 Å². The van der Waals surface area contributed by atoms with Crippen LogP contribution < -0.4 is 0 Å². The minimum atomic E-state index is -4.61. The number of carbonyl (C=O) groups is 1. The molecule has 3 aliphatic rings. The first-order valence-electron chi connectivity index (χ1n) is 6.04. The molecule has 2 saturated carbocycles. The maximum Gasteiger partial charge on any atom is 0.509 e. The molecule has 0 spiro atoms. The topological polar surface area (TPSA) is 35.5 Å². The molecule has 0 radical (unpaired) electrons. The Bertz CT molecular complexity index is 431. The van der Waals surface area contributed by atoms with Crippen molar-refractivity contribution in [3.63, 3.8) is 0 Å². The summed E-state index contributed by atoms with van der Waals surface area (Å²) in [5.41, 5.74) is -4.16. The van der Waals surface area contributed by atoms with E-state index >= 15 is 0 Å². The van der Waals surface area contributed by atoms with Crippen LogP contribution in [0.3, 0.4) is 0 Å². The van der Waals surface area contributed by atoms with E-state index in [4.69, 9.17) is 9.47 Å². The second-order valence-corrected chi connectivity index (χ2v) is 6.32. The highest BCUT2D eigenvalue weighted by Gasteiger charge is 2.88. The maximum absolute atomic E-state index is 13.6. The molecule has 0 aromatic rings. The summed E-state index contributed by atoms with van der Waals surface area (Å²) < 4.78 is 50.3. The van der Waals surface area contributed by atoms with Gasteiger partial charge in [-0.1, -0.05) is 20.8 Å². The second kappa shape index (κ2) is 2.80. The van der Waals surface area contributed by atoms with E-state index in [9.17, 15) is 18.0 Å². The van der Waals surface area contributed by atoms with Crippen molar-refractivity contribution in [3.05, 3.63) is 0 Å². The highest BCUT2D eigenvalue weighted by atomic mass is 19.4. The molecule has 6 heteroatoms. The fourth-order valence-corrected chi connectivity index (χ4v) is 4.45. The van der Waals surface area contributed by atoms with Crippen molar-refractivity contribution in [2.75, 3.05) is 0 Å². The Kier molecular flexibility index (Phi) is 1.88. The monoisotopic (exact) mass is 264 g/mol. The molecule has 4 atom stereocenters. The van der Waals surface area contributed by atoms with Crippen LogP contribution >= 0.6 is 0 Å². The van der Waals surface area contributed by atoms with E-state index in [1.54, 1.807) is 6.92 Å². The van der Waals surface area contributed by atoms with Gasteiger partial charge in [0, 0.05) is 11.3 Å². The second-order valence-electron chi connectivity index (χ2n) is 6.32. The van der Waals surface area contributed by atoms with E-state index < -0.39 is 34.9 Å². The molecule has 1 heterocycles. The van der Waals surface area contributed by atoms with Gasteiger partial charge < -0.3 is 9.47 Å². The number of fused-ring (bicyclic) bond motifs is 5. The quantitative estimate of drug-likeness (QED) is 0.630. The van der Waals surface area contributed by atoms with Crippen molar-refractivity contribution in [2.45, 2.75) is 51.5 Å². The molecule has 3 rings (SSSR count). The van der Waals surface area contributed by atoms with Gasteiger partial charge in [-0.15, -0.1) is 0 Å². The molecule has 0 amide bonds. The van der Waals surface area contributed by atoms with Crippen molar-refractivity contribution < 1.29 is 27.4 Å². The number of alkyl halides is 3. The van der Waals surface area contributed by atoms with Gasteiger partial charge in [0.1, 0.15) is 0 Å². The van der Waals surface area contributed by atoms with Crippen LogP contribution in [0.5, 0.6) is 0 Å². The predicted octanol–water partition coefficient (Wildman–Crippen LogP) is 3.28. The Hall–Kier alpha value is -0.940. The summed E-state index contributed by atoms with van der Waals surface area (Å²) in [4.78, 5) is 11.2. The van der Waals surface area contributed by atoms with Gasteiger partial charge in [-0.2, -0.15) is 13.2 Å². The smallest absolute Gasteiger partial charge is 0.426 e. The van der Waals surface area contributed by atoms with Crippen LogP contribution in [-0.4, -0.2) is 24.0 Å². The standard InChI is InChI=1S/C12H15F3O3/c1-9(2)6-4-5-10(9,3)11(12(13,14)15)7(6)17-8(16)18-11/h6-7H,4-5H2,1-3H3/t6-,7-,10-,11-/m1/s1. The predicted molar refractivity (Wildman–Crippen MR) is 54.8 cm³/mol. The summed E-state index contributed by atoms with van der Waals surface area (Å²) in [7, 11) is 0. The van der Waals surface area contributed by atoms with Gasteiger partial charge in [0.15, 0.2) is 6.10 Å². The largest absolute Gasteiger partial charge is 0.509 e. The zero-order valence-electron chi connectivity index (χ0n) is 10.4. The lowest BCUT2D eigenvalue weighted by Gasteiger charge is -2.45. The molecule has 2 bridgehead atoms. The number of hydrogen-bond acceptors (Lipinski definition) is 3. The van der Waals surface area contributed by atoms with Crippen LogP contribution in [0.1, 0.15) is 33.6 Å². The fourth-order valence-electron chi connectivity index (χ4n) is 4.45. The number of ether oxygens (including phenoxy) is 2. The zero-order chi connectivity index (χ0) is 13.6. The van der Waals surface area contributed by atoms with E-state index in [1.807, 2.05) is 13.8 Å². The first-order valence-corrected chi connectivity index (χ1v) is 6.04. The fraction of sp³-hybridized carbons (Fsp3) is 0.917. The zero-order valence-corrected chi connectivity index (χ0v) is 10.4. The van der Waals surface area contributed by atoms with Crippen LogP contribution in [0.2, 0.25) is 0 Å². The Labute approximate surface area is 103 Å². The van der Waals surface area contributed by atoms with Gasteiger partial charge in [-0.05, 0) is 18.3 Å². The molecule has 0 aromatic carbocycles. The number of carbonyl (C=O) groups excluding carboxylic acids is 1. The molecular weight excluding hydrogens is 249 g/mol. The third-order valence-corrected chi connectivity index (χ3v) is 5.78. The van der Waals surface area contributed by atoms with E-state index in [-0.39, 0.29) is 5.92 Å². The van der Waals surface area contributed by atoms with Crippen LogP contribution in [-0.2, 0) is 9.47 Å². The Morgan fingerprint density at radius 2 is 1.89 bits per heavy atom. The normalized spacial score (nSPS) is 48.9. The third kappa shape index (κ3) is 0.914. The van der Waals surface area contributed by atoms with Crippen molar-refractivity contribution in [3.8, 4) is 0 Å². The van der Waals surface area contributed by atoms with Gasteiger partial charge >= 0.3 is 12.3 Å². The average Bonchev–Trinajstić information content (AvgIpc) is 2.69. The van der Waals surface area contributed by atoms with E-state index in [0.29, 0.717) is 12.8 Å². The van der Waals surface area contributed by atoms with E-state index in [0.717, 1.165) is 0 Å². The average molecular weight is 264 g/mol. The van der Waals surface area contributed by atoms with Crippen molar-refractivity contribution in [1.82, 2.24) is 0 Å². The molecule has 0 aromatic heterocycles. The highest BCUT2D eigenvalue weighted by molar-refractivity contribution is 5.65. The minimum absolute atomic E-state index is 0.296. The molecule has 2 aliphatic carbocycles. The first kappa shape index (κ1) is 12.1. The lowest BCUT2D eigenvalue weighted by molar-refractivity contribution is -0.297. The number of halogens is 3.